The molecule has 0 amide bonds. The zero-order chi connectivity index (χ0) is 12.3. The molecule has 1 aromatic rings. The molecule has 1 N–H and O–H groups in total. The van der Waals surface area contributed by atoms with Gasteiger partial charge in [-0.3, -0.25) is 15.1 Å². The second-order valence-electron chi connectivity index (χ2n) is 2.71. The molecule has 8 heteroatoms. The Kier molecular flexibility index (Phi) is 3.42. The van der Waals surface area contributed by atoms with Crippen molar-refractivity contribution in [3.8, 4) is 6.07 Å². The summed E-state index contributed by atoms with van der Waals surface area (Å²) in [7, 11) is 0. The van der Waals surface area contributed by atoms with Gasteiger partial charge in [-0.25, -0.2) is 8.78 Å². The molecule has 0 aliphatic heterocycles. The molecule has 16 heavy (non-hydrogen) atoms. The van der Waals surface area contributed by atoms with E-state index in [2.05, 4.69) is 4.98 Å². The molecule has 84 valence electrons. The van der Waals surface area contributed by atoms with Crippen molar-refractivity contribution < 1.29 is 18.8 Å². The van der Waals surface area contributed by atoms with Gasteiger partial charge in [0, 0.05) is 6.20 Å². The van der Waals surface area contributed by atoms with Crippen molar-refractivity contribution in [2.75, 3.05) is 0 Å². The zero-order valence-corrected chi connectivity index (χ0v) is 7.72. The van der Waals surface area contributed by atoms with Crippen molar-refractivity contribution in [3.63, 3.8) is 0 Å². The van der Waals surface area contributed by atoms with Crippen molar-refractivity contribution in [3.05, 3.63) is 33.1 Å². The lowest BCUT2D eigenvalue weighted by molar-refractivity contribution is -0.386. The largest absolute Gasteiger partial charge is 0.390 e. The molecule has 0 saturated heterocycles. The summed E-state index contributed by atoms with van der Waals surface area (Å²) in [5.74, 6) is 0. The topological polar surface area (TPSA) is 100 Å². The van der Waals surface area contributed by atoms with Crippen molar-refractivity contribution in [1.29, 1.82) is 5.26 Å². The number of halogens is 2. The molecule has 0 aliphatic carbocycles. The molecule has 1 heterocycles. The van der Waals surface area contributed by atoms with Crippen LogP contribution < -0.4 is 0 Å². The number of pyridine rings is 1. The van der Waals surface area contributed by atoms with Crippen LogP contribution in [0.3, 0.4) is 0 Å². The van der Waals surface area contributed by atoms with E-state index in [0.29, 0.717) is 6.20 Å². The molecular weight excluding hydrogens is 224 g/mol. The Morgan fingerprint density at radius 2 is 2.31 bits per heavy atom. The first-order chi connectivity index (χ1) is 7.52. The van der Waals surface area contributed by atoms with Gasteiger partial charge in [0.15, 0.2) is 0 Å². The quantitative estimate of drug-likeness (QED) is 0.621. The predicted molar refractivity (Wildman–Crippen MR) is 46.5 cm³/mol. The minimum atomic E-state index is -3.03. The number of nitriles is 1. The minimum absolute atomic E-state index is 0.411. The van der Waals surface area contributed by atoms with Crippen molar-refractivity contribution >= 4 is 5.69 Å². The van der Waals surface area contributed by atoms with E-state index in [1.165, 1.54) is 6.07 Å². The fraction of sp³-hybridized carbons (Fsp3) is 0.250. The maximum atomic E-state index is 12.4. The molecule has 0 bridgehead atoms. The van der Waals surface area contributed by atoms with E-state index in [-0.39, 0.29) is 0 Å². The lowest BCUT2D eigenvalue weighted by Gasteiger charge is -2.05. The molecule has 0 saturated carbocycles. The number of aliphatic hydroxyl groups is 1. The van der Waals surface area contributed by atoms with E-state index in [9.17, 15) is 18.9 Å². The number of aromatic nitrogens is 1. The van der Waals surface area contributed by atoms with Crippen LogP contribution in [0.15, 0.2) is 6.20 Å². The maximum absolute atomic E-state index is 12.4. The van der Waals surface area contributed by atoms with Crippen molar-refractivity contribution in [2.45, 2.75) is 13.0 Å². The van der Waals surface area contributed by atoms with Gasteiger partial charge < -0.3 is 5.11 Å². The Morgan fingerprint density at radius 3 is 2.69 bits per heavy atom. The van der Waals surface area contributed by atoms with Gasteiger partial charge in [-0.15, -0.1) is 0 Å². The van der Waals surface area contributed by atoms with Crippen molar-refractivity contribution in [1.82, 2.24) is 4.98 Å². The van der Waals surface area contributed by atoms with Crippen LogP contribution in [0.4, 0.5) is 14.5 Å². The Bertz CT molecular complexity index is 470. The highest BCUT2D eigenvalue weighted by atomic mass is 19.3. The van der Waals surface area contributed by atoms with Gasteiger partial charge in [-0.1, -0.05) is 0 Å². The number of hydrogen-bond acceptors (Lipinski definition) is 5. The van der Waals surface area contributed by atoms with Gasteiger partial charge in [0.05, 0.1) is 17.1 Å². The molecule has 0 spiro atoms. The SMILES string of the molecule is N#Cc1c(C(F)F)cnc(CO)c1[N+](=O)[O-]. The van der Waals surface area contributed by atoms with Gasteiger partial charge >= 0.3 is 5.69 Å². The minimum Gasteiger partial charge on any atom is -0.390 e. The van der Waals surface area contributed by atoms with E-state index in [0.717, 1.165) is 0 Å². The lowest BCUT2D eigenvalue weighted by Crippen LogP contribution is -2.05. The van der Waals surface area contributed by atoms with Gasteiger partial charge in [0.2, 0.25) is 0 Å². The Hall–Kier alpha value is -2.14. The zero-order valence-electron chi connectivity index (χ0n) is 7.72. The number of alkyl halides is 2. The summed E-state index contributed by atoms with van der Waals surface area (Å²) >= 11 is 0. The van der Waals surface area contributed by atoms with Gasteiger partial charge in [0.25, 0.3) is 6.43 Å². The summed E-state index contributed by atoms with van der Waals surface area (Å²) < 4.78 is 24.8. The average molecular weight is 229 g/mol. The maximum Gasteiger partial charge on any atom is 0.311 e. The van der Waals surface area contributed by atoms with Crippen LogP contribution in [-0.4, -0.2) is 15.0 Å². The lowest BCUT2D eigenvalue weighted by atomic mass is 10.1. The van der Waals surface area contributed by atoms with Crippen LogP contribution in [-0.2, 0) is 6.61 Å². The third-order valence-corrected chi connectivity index (χ3v) is 1.84. The molecule has 0 atom stereocenters. The third kappa shape index (κ3) is 1.94. The highest BCUT2D eigenvalue weighted by Crippen LogP contribution is 2.30. The molecule has 1 rings (SSSR count). The molecule has 0 fully saturated rings. The van der Waals surface area contributed by atoms with Gasteiger partial charge in [0.1, 0.15) is 17.3 Å². The highest BCUT2D eigenvalue weighted by Gasteiger charge is 2.27. The second kappa shape index (κ2) is 4.59. The number of rotatable bonds is 3. The van der Waals surface area contributed by atoms with E-state index >= 15 is 0 Å². The van der Waals surface area contributed by atoms with Crippen LogP contribution >= 0.6 is 0 Å². The number of hydrogen-bond donors (Lipinski definition) is 1. The fourth-order valence-electron chi connectivity index (χ4n) is 1.15. The van der Waals surface area contributed by atoms with Gasteiger partial charge in [-0.2, -0.15) is 5.26 Å². The van der Waals surface area contributed by atoms with Gasteiger partial charge in [-0.05, 0) is 0 Å². The third-order valence-electron chi connectivity index (χ3n) is 1.84. The fourth-order valence-corrected chi connectivity index (χ4v) is 1.15. The van der Waals surface area contributed by atoms with E-state index in [1.807, 2.05) is 0 Å². The molecule has 6 nitrogen and oxygen atoms in total. The number of nitro groups is 1. The van der Waals surface area contributed by atoms with Crippen LogP contribution in [0.5, 0.6) is 0 Å². The smallest absolute Gasteiger partial charge is 0.311 e. The summed E-state index contributed by atoms with van der Waals surface area (Å²) in [6.07, 6.45) is -2.38. The predicted octanol–water partition coefficient (Wildman–Crippen LogP) is 1.29. The average Bonchev–Trinajstić information content (AvgIpc) is 2.26. The Morgan fingerprint density at radius 1 is 1.69 bits per heavy atom. The second-order valence-corrected chi connectivity index (χ2v) is 2.71. The number of nitrogens with zero attached hydrogens (tertiary/aromatic N) is 3. The van der Waals surface area contributed by atoms with E-state index < -0.39 is 40.5 Å². The van der Waals surface area contributed by atoms with Crippen LogP contribution in [0.25, 0.3) is 0 Å². The standard InChI is InChI=1S/C8H5F2N3O3/c9-8(10)5-2-12-6(3-14)7(13(15)16)4(5)1-11/h2,8,14H,3H2. The van der Waals surface area contributed by atoms with Crippen LogP contribution in [0, 0.1) is 21.4 Å². The van der Waals surface area contributed by atoms with Crippen LogP contribution in [0.1, 0.15) is 23.2 Å². The van der Waals surface area contributed by atoms with Crippen molar-refractivity contribution in [2.24, 2.45) is 0 Å². The summed E-state index contributed by atoms with van der Waals surface area (Å²) in [4.78, 5) is 12.9. The Labute approximate surface area is 87.9 Å². The first-order valence-electron chi connectivity index (χ1n) is 3.98. The molecule has 0 aromatic carbocycles. The van der Waals surface area contributed by atoms with E-state index in [1.54, 1.807) is 0 Å². The monoisotopic (exact) mass is 229 g/mol. The highest BCUT2D eigenvalue weighted by molar-refractivity contribution is 5.55. The number of aliphatic hydroxyl groups excluding tert-OH is 1. The normalized spacial score (nSPS) is 10.2. The Balaban J connectivity index is 3.58. The summed E-state index contributed by atoms with van der Waals surface area (Å²) in [6.45, 7) is -0.797. The summed E-state index contributed by atoms with van der Waals surface area (Å²) in [6, 6.07) is 1.33. The summed E-state index contributed by atoms with van der Waals surface area (Å²) in [5.41, 5.74) is -2.86. The molecule has 0 unspecified atom stereocenters. The summed E-state index contributed by atoms with van der Waals surface area (Å²) in [5, 5.41) is 28.0. The first kappa shape index (κ1) is 11.9. The molecule has 1 aromatic heterocycles. The molecular formula is C8H5F2N3O3. The van der Waals surface area contributed by atoms with Crippen LogP contribution in [0.2, 0.25) is 0 Å². The first-order valence-corrected chi connectivity index (χ1v) is 3.98. The molecule has 0 radical (unpaired) electrons. The van der Waals surface area contributed by atoms with E-state index in [4.69, 9.17) is 10.4 Å². The molecule has 0 aliphatic rings.